The number of aryl methyl sites for hydroxylation is 2. The van der Waals surface area contributed by atoms with Crippen LogP contribution in [0.25, 0.3) is 16.7 Å². The summed E-state index contributed by atoms with van der Waals surface area (Å²) in [5.41, 5.74) is 10.3. The molecule has 190 valence electrons. The molecule has 0 aromatic heterocycles. The van der Waals surface area contributed by atoms with E-state index in [1.54, 1.807) is 0 Å². The second-order valence-electron chi connectivity index (χ2n) is 10.7. The van der Waals surface area contributed by atoms with Crippen molar-refractivity contribution < 1.29 is 14.6 Å². The van der Waals surface area contributed by atoms with Crippen molar-refractivity contribution in [3.63, 3.8) is 0 Å². The Hall–Kier alpha value is -2.24. The van der Waals surface area contributed by atoms with E-state index in [9.17, 15) is 9.90 Å². The Balaban J connectivity index is 2.44. The molecular formula is C30H41NO3S. The topological polar surface area (TPSA) is 58.6 Å². The lowest BCUT2D eigenvalue weighted by Crippen LogP contribution is -2.29. The summed E-state index contributed by atoms with van der Waals surface area (Å²) in [6.07, 6.45) is 8.75. The van der Waals surface area contributed by atoms with Crippen LogP contribution in [0, 0.1) is 27.7 Å². The maximum atomic E-state index is 12.7. The van der Waals surface area contributed by atoms with E-state index >= 15 is 0 Å². The van der Waals surface area contributed by atoms with Gasteiger partial charge in [-0.25, -0.2) is 4.79 Å². The number of ether oxygens (including phenoxy) is 1. The number of carboxylic acids is 1. The first-order chi connectivity index (χ1) is 16.5. The first-order valence-electron chi connectivity index (χ1n) is 12.6. The normalized spacial score (nSPS) is 15.4. The summed E-state index contributed by atoms with van der Waals surface area (Å²) in [5, 5.41) is 10.4. The molecule has 1 aliphatic carbocycles. The lowest BCUT2D eigenvalue weighted by Gasteiger charge is -2.31. The van der Waals surface area contributed by atoms with Crippen LogP contribution in [0.3, 0.4) is 0 Å². The number of aliphatic carboxylic acids is 1. The fourth-order valence-electron chi connectivity index (χ4n) is 5.08. The number of benzene rings is 2. The Bertz CT molecular complexity index is 1130. The molecule has 5 heteroatoms. The summed E-state index contributed by atoms with van der Waals surface area (Å²) in [4.78, 5) is 12.7. The zero-order valence-electron chi connectivity index (χ0n) is 22.6. The number of allylic oxidation sites excluding steroid dienone is 2. The fraction of sp³-hybridized carbons (Fsp3) is 0.500. The van der Waals surface area contributed by atoms with Crippen LogP contribution in [0.15, 0.2) is 24.3 Å². The largest absolute Gasteiger partial charge is 0.479 e. The molecule has 0 aliphatic heterocycles. The van der Waals surface area contributed by atoms with Crippen LogP contribution in [-0.2, 0) is 9.53 Å². The summed E-state index contributed by atoms with van der Waals surface area (Å²) in [6, 6.07) is 6.60. The zero-order valence-corrected chi connectivity index (χ0v) is 23.4. The molecule has 0 saturated heterocycles. The Morgan fingerprint density at radius 3 is 2.34 bits per heavy atom. The van der Waals surface area contributed by atoms with Gasteiger partial charge < -0.3 is 14.6 Å². The van der Waals surface area contributed by atoms with Crippen molar-refractivity contribution in [2.24, 2.45) is 0 Å². The Morgan fingerprint density at radius 1 is 1.03 bits per heavy atom. The van der Waals surface area contributed by atoms with Gasteiger partial charge in [-0.2, -0.15) is 0 Å². The average molecular weight is 496 g/mol. The van der Waals surface area contributed by atoms with Crippen LogP contribution >= 0.6 is 11.9 Å². The van der Waals surface area contributed by atoms with E-state index in [0.29, 0.717) is 0 Å². The van der Waals surface area contributed by atoms with Crippen molar-refractivity contribution >= 4 is 29.2 Å². The van der Waals surface area contributed by atoms with Crippen LogP contribution in [0.4, 0.5) is 5.69 Å². The number of rotatable bonds is 7. The molecule has 0 spiro atoms. The lowest BCUT2D eigenvalue weighted by molar-refractivity contribution is -0.160. The quantitative estimate of drug-likeness (QED) is 0.377. The number of anilines is 1. The molecule has 0 fully saturated rings. The lowest BCUT2D eigenvalue weighted by atomic mass is 9.81. The third kappa shape index (κ3) is 6.13. The molecule has 0 radical (unpaired) electrons. The van der Waals surface area contributed by atoms with Crippen LogP contribution < -0.4 is 4.72 Å². The van der Waals surface area contributed by atoms with Crippen LogP contribution in [0.2, 0.25) is 0 Å². The first kappa shape index (κ1) is 27.3. The van der Waals surface area contributed by atoms with Crippen LogP contribution in [-0.4, -0.2) is 22.9 Å². The van der Waals surface area contributed by atoms with Gasteiger partial charge in [-0.1, -0.05) is 42.6 Å². The predicted octanol–water partition coefficient (Wildman–Crippen LogP) is 8.57. The molecule has 1 atom stereocenters. The number of carboxylic acid groups (broad SMARTS) is 1. The second-order valence-corrected chi connectivity index (χ2v) is 11.3. The molecular weight excluding hydrogens is 454 g/mol. The highest BCUT2D eigenvalue weighted by atomic mass is 32.2. The van der Waals surface area contributed by atoms with Crippen molar-refractivity contribution in [3.8, 4) is 11.1 Å². The summed E-state index contributed by atoms with van der Waals surface area (Å²) in [5.74, 6) is -0.952. The minimum Gasteiger partial charge on any atom is -0.479 e. The molecule has 4 nitrogen and oxygen atoms in total. The van der Waals surface area contributed by atoms with Crippen molar-refractivity contribution in [1.82, 2.24) is 0 Å². The molecule has 2 aromatic rings. The summed E-state index contributed by atoms with van der Waals surface area (Å²) in [6.45, 7) is 14.2. The molecule has 1 aliphatic rings. The van der Waals surface area contributed by atoms with Gasteiger partial charge in [0.05, 0.1) is 11.3 Å². The molecule has 35 heavy (non-hydrogen) atoms. The molecule has 2 aromatic carbocycles. The van der Waals surface area contributed by atoms with E-state index in [2.05, 4.69) is 49.8 Å². The van der Waals surface area contributed by atoms with E-state index in [0.717, 1.165) is 58.3 Å². The van der Waals surface area contributed by atoms with E-state index in [4.69, 9.17) is 4.74 Å². The van der Waals surface area contributed by atoms with Crippen molar-refractivity contribution in [2.45, 2.75) is 92.3 Å². The first-order valence-corrected chi connectivity index (χ1v) is 13.8. The Kier molecular flexibility index (Phi) is 8.76. The van der Waals surface area contributed by atoms with Crippen LogP contribution in [0.5, 0.6) is 0 Å². The van der Waals surface area contributed by atoms with Gasteiger partial charge in [0.1, 0.15) is 0 Å². The third-order valence-corrected chi connectivity index (χ3v) is 7.28. The van der Waals surface area contributed by atoms with E-state index in [1.807, 2.05) is 34.0 Å². The molecule has 3 rings (SSSR count). The van der Waals surface area contributed by atoms with Gasteiger partial charge in [-0.3, -0.25) is 0 Å². The minimum absolute atomic E-state index is 0.599. The SMILES string of the molecule is CSNc1c(C)c(C(OC(C)(C)C)C(=O)O)c(C2=CCCCCC2)c(C)c1-c1ccc(C)c(C)c1. The number of nitrogens with one attached hydrogen (secondary N) is 1. The number of carbonyl (C=O) groups is 1. The van der Waals surface area contributed by atoms with Crippen molar-refractivity contribution in [1.29, 1.82) is 0 Å². The maximum Gasteiger partial charge on any atom is 0.337 e. The Labute approximate surface area is 215 Å². The highest BCUT2D eigenvalue weighted by Crippen LogP contribution is 2.47. The van der Waals surface area contributed by atoms with Gasteiger partial charge >= 0.3 is 5.97 Å². The predicted molar refractivity (Wildman–Crippen MR) is 150 cm³/mol. The highest BCUT2D eigenvalue weighted by molar-refractivity contribution is 7.99. The highest BCUT2D eigenvalue weighted by Gasteiger charge is 2.34. The van der Waals surface area contributed by atoms with Gasteiger partial charge in [0.25, 0.3) is 0 Å². The average Bonchev–Trinajstić information content (AvgIpc) is 3.05. The van der Waals surface area contributed by atoms with Gasteiger partial charge in [0.2, 0.25) is 0 Å². The smallest absolute Gasteiger partial charge is 0.337 e. The zero-order chi connectivity index (χ0) is 25.9. The van der Waals surface area contributed by atoms with Crippen molar-refractivity contribution in [3.05, 3.63) is 57.7 Å². The molecule has 1 unspecified atom stereocenters. The van der Waals surface area contributed by atoms with Crippen molar-refractivity contribution in [2.75, 3.05) is 11.0 Å². The standard InChI is InChI=1S/C30H41NO3S/c1-18-15-16-23(17-19(18)2)25-20(3)24(22-13-11-9-10-12-14-22)26(21(4)27(25)31-35-8)28(29(32)33)34-30(5,6)7/h13,15-17,28,31H,9-12,14H2,1-8H3,(H,32,33). The van der Waals surface area contributed by atoms with E-state index in [-0.39, 0.29) is 0 Å². The summed E-state index contributed by atoms with van der Waals surface area (Å²) in [7, 11) is 0. The maximum absolute atomic E-state index is 12.7. The Morgan fingerprint density at radius 2 is 1.74 bits per heavy atom. The second kappa shape index (κ2) is 11.2. The molecule has 0 heterocycles. The summed E-state index contributed by atoms with van der Waals surface area (Å²) < 4.78 is 9.74. The molecule has 0 amide bonds. The van der Waals surface area contributed by atoms with Gasteiger partial charge in [-0.15, -0.1) is 0 Å². The van der Waals surface area contributed by atoms with E-state index in [1.165, 1.54) is 41.5 Å². The fourth-order valence-corrected chi connectivity index (χ4v) is 5.54. The monoisotopic (exact) mass is 495 g/mol. The van der Waals surface area contributed by atoms with Gasteiger partial charge in [-0.05, 0) is 113 Å². The molecule has 2 N–H and O–H groups in total. The number of hydrogen-bond acceptors (Lipinski definition) is 4. The third-order valence-electron chi connectivity index (χ3n) is 6.87. The van der Waals surface area contributed by atoms with Gasteiger partial charge in [0, 0.05) is 17.4 Å². The van der Waals surface area contributed by atoms with Crippen LogP contribution in [0.1, 0.15) is 92.4 Å². The van der Waals surface area contributed by atoms with E-state index < -0.39 is 17.7 Å². The minimum atomic E-state index is -1.05. The summed E-state index contributed by atoms with van der Waals surface area (Å²) >= 11 is 1.53. The molecule has 0 bridgehead atoms. The molecule has 0 saturated carbocycles. The van der Waals surface area contributed by atoms with Gasteiger partial charge in [0.15, 0.2) is 6.10 Å². The number of hydrogen-bond donors (Lipinski definition) is 2.